The van der Waals surface area contributed by atoms with Gasteiger partial charge < -0.3 is 20.3 Å². The number of benzene rings is 1. The lowest BCUT2D eigenvalue weighted by Gasteiger charge is -2.39. The van der Waals surface area contributed by atoms with Crippen LogP contribution in [0.5, 0.6) is 5.75 Å². The smallest absolute Gasteiger partial charge is 0.326 e. The molecule has 2 fully saturated rings. The minimum Gasteiger partial charge on any atom is -0.494 e. The number of carbonyl (C=O) groups is 2. The third-order valence-electron chi connectivity index (χ3n) is 6.66. The largest absolute Gasteiger partial charge is 0.494 e. The van der Waals surface area contributed by atoms with Gasteiger partial charge >= 0.3 is 6.03 Å². The fourth-order valence-corrected chi connectivity index (χ4v) is 4.75. The van der Waals surface area contributed by atoms with Gasteiger partial charge in [0, 0.05) is 39.3 Å². The van der Waals surface area contributed by atoms with Gasteiger partial charge in [-0.2, -0.15) is 5.10 Å². The molecule has 2 aliphatic rings. The van der Waals surface area contributed by atoms with E-state index in [2.05, 4.69) is 37.8 Å². The highest BCUT2D eigenvalue weighted by Crippen LogP contribution is 2.38. The molecule has 12 nitrogen and oxygen atoms in total. The van der Waals surface area contributed by atoms with Gasteiger partial charge in [0.15, 0.2) is 23.1 Å². The second-order valence-electron chi connectivity index (χ2n) is 9.16. The number of anilines is 3. The Bertz CT molecular complexity index is 1300. The van der Waals surface area contributed by atoms with E-state index in [1.165, 1.54) is 7.05 Å². The van der Waals surface area contributed by atoms with Crippen LogP contribution in [0.2, 0.25) is 0 Å². The van der Waals surface area contributed by atoms with Crippen molar-refractivity contribution in [3.63, 3.8) is 0 Å². The van der Waals surface area contributed by atoms with Crippen molar-refractivity contribution in [3.8, 4) is 17.1 Å². The first-order valence-electron chi connectivity index (χ1n) is 11.9. The van der Waals surface area contributed by atoms with E-state index in [9.17, 15) is 9.59 Å². The third kappa shape index (κ3) is 4.18. The highest BCUT2D eigenvalue weighted by Gasteiger charge is 2.40. The Labute approximate surface area is 208 Å². The molecule has 0 bridgehead atoms. The summed E-state index contributed by atoms with van der Waals surface area (Å²) in [5.41, 5.74) is 1.77. The maximum atomic E-state index is 13.1. The second-order valence-corrected chi connectivity index (χ2v) is 9.16. The predicted molar refractivity (Wildman–Crippen MR) is 133 cm³/mol. The molecule has 0 spiro atoms. The molecule has 0 radical (unpaired) electrons. The molecule has 0 atom stereocenters. The maximum Gasteiger partial charge on any atom is 0.326 e. The van der Waals surface area contributed by atoms with Gasteiger partial charge in [0.2, 0.25) is 0 Å². The van der Waals surface area contributed by atoms with Crippen LogP contribution >= 0.6 is 0 Å². The molecule has 1 saturated heterocycles. The van der Waals surface area contributed by atoms with Gasteiger partial charge in [-0.25, -0.2) is 9.78 Å². The first-order valence-corrected chi connectivity index (χ1v) is 11.9. The number of amides is 3. The van der Waals surface area contributed by atoms with Gasteiger partial charge in [-0.05, 0) is 30.9 Å². The number of hydrogen-bond acceptors (Lipinski definition) is 8. The molecule has 0 unspecified atom stereocenters. The van der Waals surface area contributed by atoms with E-state index in [1.807, 2.05) is 23.1 Å². The summed E-state index contributed by atoms with van der Waals surface area (Å²) in [6.45, 7) is 3.36. The average molecular weight is 492 g/mol. The summed E-state index contributed by atoms with van der Waals surface area (Å²) >= 11 is 0. The Kier molecular flexibility index (Phi) is 6.17. The third-order valence-corrected chi connectivity index (χ3v) is 6.66. The zero-order valence-electron chi connectivity index (χ0n) is 20.7. The van der Waals surface area contributed by atoms with E-state index in [0.717, 1.165) is 12.8 Å². The molecular weight excluding hydrogens is 462 g/mol. The SMILES string of the molecule is CNC(=O)c1nnc(N2CCN(C3CC(C)C3)C2=O)cc1Nc1cccc(-c2ncn(C)n2)c1OC. The van der Waals surface area contributed by atoms with E-state index in [0.29, 0.717) is 53.3 Å². The number of rotatable bonds is 7. The molecule has 1 aliphatic heterocycles. The highest BCUT2D eigenvalue weighted by molar-refractivity contribution is 6.00. The van der Waals surface area contributed by atoms with Crippen molar-refractivity contribution in [3.05, 3.63) is 36.3 Å². The molecule has 3 aromatic rings. The van der Waals surface area contributed by atoms with Gasteiger partial charge in [-0.1, -0.05) is 13.0 Å². The van der Waals surface area contributed by atoms with Crippen LogP contribution in [0.3, 0.4) is 0 Å². The lowest BCUT2D eigenvalue weighted by atomic mass is 9.81. The zero-order valence-corrected chi connectivity index (χ0v) is 20.7. The predicted octanol–water partition coefficient (Wildman–Crippen LogP) is 2.42. The number of urea groups is 1. The molecule has 1 aliphatic carbocycles. The molecule has 3 amide bonds. The zero-order chi connectivity index (χ0) is 25.4. The van der Waals surface area contributed by atoms with Crippen molar-refractivity contribution in [2.75, 3.05) is 37.5 Å². The molecule has 5 rings (SSSR count). The first kappa shape index (κ1) is 23.5. The second kappa shape index (κ2) is 9.44. The number of aromatic nitrogens is 5. The van der Waals surface area contributed by atoms with Gasteiger partial charge in [0.25, 0.3) is 5.91 Å². The number of para-hydroxylation sites is 1. The normalized spacial score (nSPS) is 19.3. The molecule has 2 aromatic heterocycles. The molecule has 188 valence electrons. The van der Waals surface area contributed by atoms with Crippen molar-refractivity contribution >= 4 is 29.1 Å². The lowest BCUT2D eigenvalue weighted by Crippen LogP contribution is -2.46. The Morgan fingerprint density at radius 2 is 1.97 bits per heavy atom. The van der Waals surface area contributed by atoms with E-state index >= 15 is 0 Å². The molecule has 3 heterocycles. The Hall–Kier alpha value is -4.22. The number of carbonyl (C=O) groups excluding carboxylic acids is 2. The van der Waals surface area contributed by atoms with Gasteiger partial charge in [-0.3, -0.25) is 14.4 Å². The van der Waals surface area contributed by atoms with Crippen LogP contribution in [0.4, 0.5) is 22.0 Å². The molecule has 1 aromatic carbocycles. The minimum absolute atomic E-state index is 0.0827. The van der Waals surface area contributed by atoms with Crippen LogP contribution in [0.25, 0.3) is 11.4 Å². The first-order chi connectivity index (χ1) is 17.4. The quantitative estimate of drug-likeness (QED) is 0.515. The van der Waals surface area contributed by atoms with Gasteiger partial charge in [0.05, 0.1) is 24.0 Å². The van der Waals surface area contributed by atoms with Crippen LogP contribution in [-0.2, 0) is 7.05 Å². The minimum atomic E-state index is -0.407. The van der Waals surface area contributed by atoms with Crippen LogP contribution < -0.4 is 20.3 Å². The number of ether oxygens (including phenoxy) is 1. The van der Waals surface area contributed by atoms with Crippen molar-refractivity contribution < 1.29 is 14.3 Å². The summed E-state index contributed by atoms with van der Waals surface area (Å²) in [5, 5.41) is 18.6. The summed E-state index contributed by atoms with van der Waals surface area (Å²) in [5.74, 6) is 1.63. The fraction of sp³-hybridized carbons (Fsp3) is 0.417. The Morgan fingerprint density at radius 3 is 2.64 bits per heavy atom. The van der Waals surface area contributed by atoms with Crippen LogP contribution in [-0.4, -0.2) is 75.1 Å². The van der Waals surface area contributed by atoms with Crippen LogP contribution in [0.1, 0.15) is 30.3 Å². The van der Waals surface area contributed by atoms with Gasteiger partial charge in [-0.15, -0.1) is 10.2 Å². The van der Waals surface area contributed by atoms with E-state index in [4.69, 9.17) is 4.74 Å². The van der Waals surface area contributed by atoms with E-state index in [1.54, 1.807) is 36.1 Å². The fourth-order valence-electron chi connectivity index (χ4n) is 4.75. The monoisotopic (exact) mass is 491 g/mol. The summed E-state index contributed by atoms with van der Waals surface area (Å²) in [6.07, 6.45) is 3.65. The lowest BCUT2D eigenvalue weighted by molar-refractivity contribution is 0.0958. The Balaban J connectivity index is 1.48. The number of nitrogens with zero attached hydrogens (tertiary/aromatic N) is 7. The summed E-state index contributed by atoms with van der Waals surface area (Å²) < 4.78 is 7.30. The molecular formula is C24H29N9O3. The standard InChI is InChI=1S/C24H29N9O3/c1-14-10-15(11-14)32-8-9-33(24(32)35)19-12-18(20(29-28-19)23(34)25-2)27-17-7-5-6-16(21(17)36-4)22-26-13-31(3)30-22/h5-7,12-15H,8-11H2,1-4H3,(H,25,34)(H,27,28). The molecule has 2 N–H and O–H groups in total. The topological polar surface area (TPSA) is 130 Å². The van der Waals surface area contributed by atoms with Crippen LogP contribution in [0.15, 0.2) is 30.6 Å². The van der Waals surface area contributed by atoms with E-state index in [-0.39, 0.29) is 17.8 Å². The number of aryl methyl sites for hydroxylation is 1. The number of hydrogen-bond donors (Lipinski definition) is 2. The van der Waals surface area contributed by atoms with Crippen molar-refractivity contribution in [1.29, 1.82) is 0 Å². The van der Waals surface area contributed by atoms with Crippen molar-refractivity contribution in [1.82, 2.24) is 35.2 Å². The van der Waals surface area contributed by atoms with Crippen molar-refractivity contribution in [2.24, 2.45) is 13.0 Å². The number of nitrogens with one attached hydrogen (secondary N) is 2. The maximum absolute atomic E-state index is 13.1. The molecule has 12 heteroatoms. The molecule has 1 saturated carbocycles. The Morgan fingerprint density at radius 1 is 1.17 bits per heavy atom. The van der Waals surface area contributed by atoms with E-state index < -0.39 is 5.91 Å². The number of methoxy groups -OCH3 is 1. The van der Waals surface area contributed by atoms with Crippen molar-refractivity contribution in [2.45, 2.75) is 25.8 Å². The summed E-state index contributed by atoms with van der Waals surface area (Å²) in [6, 6.07) is 7.38. The molecule has 36 heavy (non-hydrogen) atoms. The van der Waals surface area contributed by atoms with Gasteiger partial charge in [0.1, 0.15) is 6.33 Å². The highest BCUT2D eigenvalue weighted by atomic mass is 16.5. The summed E-state index contributed by atoms with van der Waals surface area (Å²) in [4.78, 5) is 33.6. The van der Waals surface area contributed by atoms with Crippen LogP contribution in [0, 0.1) is 5.92 Å². The summed E-state index contributed by atoms with van der Waals surface area (Å²) in [7, 11) is 4.87. The average Bonchev–Trinajstić information content (AvgIpc) is 3.46.